The van der Waals surface area contributed by atoms with Crippen molar-refractivity contribution in [3.8, 4) is 0 Å². The highest BCUT2D eigenvalue weighted by Crippen LogP contribution is 2.15. The van der Waals surface area contributed by atoms with E-state index in [0.29, 0.717) is 25.7 Å². The zero-order valence-electron chi connectivity index (χ0n) is 11.0. The normalized spacial score (nSPS) is 19.9. The molecule has 1 fully saturated rings. The lowest BCUT2D eigenvalue weighted by atomic mass is 10.0. The molecule has 1 aliphatic rings. The molecule has 0 aliphatic carbocycles. The molecule has 18 heavy (non-hydrogen) atoms. The Labute approximate surface area is 107 Å². The summed E-state index contributed by atoms with van der Waals surface area (Å²) in [4.78, 5) is 24.1. The molecule has 6 heteroatoms. The molecule has 2 N–H and O–H groups in total. The van der Waals surface area contributed by atoms with Gasteiger partial charge in [0.1, 0.15) is 0 Å². The number of carbonyl (C=O) groups is 2. The molecule has 2 amide bonds. The van der Waals surface area contributed by atoms with Crippen molar-refractivity contribution in [1.82, 2.24) is 10.2 Å². The van der Waals surface area contributed by atoms with Gasteiger partial charge in [-0.05, 0) is 12.3 Å². The van der Waals surface area contributed by atoms with Gasteiger partial charge in [-0.15, -0.1) is 0 Å². The summed E-state index contributed by atoms with van der Waals surface area (Å²) in [6, 6.07) is -0.103. The van der Waals surface area contributed by atoms with Crippen LogP contribution in [0.4, 0.5) is 4.79 Å². The van der Waals surface area contributed by atoms with Gasteiger partial charge in [-0.1, -0.05) is 13.8 Å². The van der Waals surface area contributed by atoms with Crippen LogP contribution in [0, 0.1) is 5.92 Å². The number of urea groups is 1. The first-order valence-corrected chi connectivity index (χ1v) is 6.34. The third-order valence-electron chi connectivity index (χ3n) is 2.85. The van der Waals surface area contributed by atoms with Crippen LogP contribution in [-0.2, 0) is 9.53 Å². The minimum Gasteiger partial charge on any atom is -0.481 e. The summed E-state index contributed by atoms with van der Waals surface area (Å²) < 4.78 is 5.39. The van der Waals surface area contributed by atoms with Crippen LogP contribution in [0.3, 0.4) is 0 Å². The Kier molecular flexibility index (Phi) is 5.91. The van der Waals surface area contributed by atoms with Crippen molar-refractivity contribution >= 4 is 12.0 Å². The van der Waals surface area contributed by atoms with Crippen LogP contribution in [0.15, 0.2) is 0 Å². The molecule has 1 atom stereocenters. The maximum Gasteiger partial charge on any atom is 0.317 e. The molecular weight excluding hydrogens is 236 g/mol. The van der Waals surface area contributed by atoms with Crippen molar-refractivity contribution in [3.05, 3.63) is 0 Å². The maximum absolute atomic E-state index is 11.9. The predicted octanol–water partition coefficient (Wildman–Crippen LogP) is 0.918. The highest BCUT2D eigenvalue weighted by Gasteiger charge is 2.27. The predicted molar refractivity (Wildman–Crippen MR) is 66.4 cm³/mol. The van der Waals surface area contributed by atoms with Crippen molar-refractivity contribution < 1.29 is 19.4 Å². The van der Waals surface area contributed by atoms with Crippen LogP contribution in [0.5, 0.6) is 0 Å². The smallest absolute Gasteiger partial charge is 0.317 e. The number of carbonyl (C=O) groups excluding carboxylic acids is 1. The van der Waals surface area contributed by atoms with Crippen molar-refractivity contribution in [2.45, 2.75) is 32.7 Å². The van der Waals surface area contributed by atoms with E-state index in [1.54, 1.807) is 4.90 Å². The van der Waals surface area contributed by atoms with Gasteiger partial charge in [-0.2, -0.15) is 0 Å². The van der Waals surface area contributed by atoms with Crippen molar-refractivity contribution in [2.75, 3.05) is 26.3 Å². The molecule has 1 aliphatic heterocycles. The molecule has 0 bridgehead atoms. The summed E-state index contributed by atoms with van der Waals surface area (Å²) in [7, 11) is 0. The van der Waals surface area contributed by atoms with Crippen LogP contribution < -0.4 is 5.32 Å². The second-order valence-corrected chi connectivity index (χ2v) is 4.93. The van der Waals surface area contributed by atoms with Gasteiger partial charge in [0.05, 0.1) is 25.7 Å². The molecule has 0 aromatic rings. The number of aliphatic carboxylic acids is 1. The van der Waals surface area contributed by atoms with Crippen LogP contribution in [0.25, 0.3) is 0 Å². The second-order valence-electron chi connectivity index (χ2n) is 4.93. The van der Waals surface area contributed by atoms with Gasteiger partial charge in [-0.3, -0.25) is 4.79 Å². The Bertz CT molecular complexity index is 294. The Morgan fingerprint density at radius 2 is 2.22 bits per heavy atom. The molecule has 0 saturated carbocycles. The average Bonchev–Trinajstić information content (AvgIpc) is 2.28. The van der Waals surface area contributed by atoms with Gasteiger partial charge in [-0.25, -0.2) is 4.79 Å². The highest BCUT2D eigenvalue weighted by molar-refractivity contribution is 5.75. The number of amides is 2. The molecule has 1 saturated heterocycles. The minimum atomic E-state index is -0.906. The molecule has 1 unspecified atom stereocenters. The number of nitrogens with one attached hydrogen (secondary N) is 1. The van der Waals surface area contributed by atoms with Crippen LogP contribution >= 0.6 is 0 Å². The summed E-state index contributed by atoms with van der Waals surface area (Å²) in [5.74, 6) is -0.415. The van der Waals surface area contributed by atoms with Gasteiger partial charge in [0, 0.05) is 13.1 Å². The lowest BCUT2D eigenvalue weighted by Crippen LogP contribution is -2.53. The van der Waals surface area contributed by atoms with Crippen LogP contribution in [0.1, 0.15) is 26.7 Å². The number of carboxylic acids is 1. The first-order valence-electron chi connectivity index (χ1n) is 6.34. The van der Waals surface area contributed by atoms with Crippen molar-refractivity contribution in [1.29, 1.82) is 0 Å². The fourth-order valence-corrected chi connectivity index (χ4v) is 2.04. The quantitative estimate of drug-likeness (QED) is 0.768. The van der Waals surface area contributed by atoms with E-state index in [0.717, 1.165) is 6.42 Å². The summed E-state index contributed by atoms with van der Waals surface area (Å²) in [5.41, 5.74) is 0. The monoisotopic (exact) mass is 258 g/mol. The lowest BCUT2D eigenvalue weighted by Gasteiger charge is -2.36. The zero-order valence-corrected chi connectivity index (χ0v) is 11.0. The van der Waals surface area contributed by atoms with E-state index in [4.69, 9.17) is 9.84 Å². The molecule has 0 radical (unpaired) electrons. The molecule has 1 rings (SSSR count). The fourth-order valence-electron chi connectivity index (χ4n) is 2.04. The number of morpholine rings is 1. The fraction of sp³-hybridized carbons (Fsp3) is 0.833. The number of hydrogen-bond donors (Lipinski definition) is 2. The maximum atomic E-state index is 11.9. The van der Waals surface area contributed by atoms with Gasteiger partial charge < -0.3 is 20.1 Å². The summed E-state index contributed by atoms with van der Waals surface area (Å²) in [6.07, 6.45) is 0.845. The summed E-state index contributed by atoms with van der Waals surface area (Å²) >= 11 is 0. The van der Waals surface area contributed by atoms with Gasteiger partial charge in [0.15, 0.2) is 0 Å². The molecular formula is C12H22N2O4. The van der Waals surface area contributed by atoms with E-state index < -0.39 is 5.97 Å². The average molecular weight is 258 g/mol. The number of nitrogens with zero attached hydrogens (tertiary/aromatic N) is 1. The number of carboxylic acid groups (broad SMARTS) is 1. The molecule has 6 nitrogen and oxygen atoms in total. The van der Waals surface area contributed by atoms with Crippen LogP contribution in [0.2, 0.25) is 0 Å². The number of rotatable bonds is 5. The third-order valence-corrected chi connectivity index (χ3v) is 2.85. The zero-order chi connectivity index (χ0) is 13.5. The van der Waals surface area contributed by atoms with E-state index in [1.165, 1.54) is 0 Å². The Hall–Kier alpha value is -1.30. The first-order chi connectivity index (χ1) is 8.50. The molecule has 1 heterocycles. The highest BCUT2D eigenvalue weighted by atomic mass is 16.5. The SMILES string of the molecule is CC(C)CC1COCCN1C(=O)NCCC(=O)O. The van der Waals surface area contributed by atoms with E-state index in [2.05, 4.69) is 19.2 Å². The number of ether oxygens (including phenoxy) is 1. The standard InChI is InChI=1S/C12H22N2O4/c1-9(2)7-10-8-18-6-5-14(10)12(17)13-4-3-11(15)16/h9-10H,3-8H2,1-2H3,(H,13,17)(H,15,16). The van der Waals surface area contributed by atoms with Gasteiger partial charge >= 0.3 is 12.0 Å². The summed E-state index contributed by atoms with van der Waals surface area (Å²) in [5, 5.41) is 11.2. The second kappa shape index (κ2) is 7.20. The lowest BCUT2D eigenvalue weighted by molar-refractivity contribution is -0.136. The van der Waals surface area contributed by atoms with E-state index in [-0.39, 0.29) is 25.0 Å². The molecule has 104 valence electrons. The number of hydrogen-bond acceptors (Lipinski definition) is 3. The largest absolute Gasteiger partial charge is 0.481 e. The molecule has 0 spiro atoms. The minimum absolute atomic E-state index is 0.0507. The van der Waals surface area contributed by atoms with E-state index in [9.17, 15) is 9.59 Å². The van der Waals surface area contributed by atoms with Crippen molar-refractivity contribution in [3.63, 3.8) is 0 Å². The Morgan fingerprint density at radius 3 is 2.83 bits per heavy atom. The summed E-state index contributed by atoms with van der Waals surface area (Å²) in [6.45, 7) is 6.05. The van der Waals surface area contributed by atoms with Crippen LogP contribution in [-0.4, -0.2) is 54.4 Å². The third kappa shape index (κ3) is 4.91. The first kappa shape index (κ1) is 14.8. The Balaban J connectivity index is 2.44. The van der Waals surface area contributed by atoms with Gasteiger partial charge in [0.2, 0.25) is 0 Å². The van der Waals surface area contributed by atoms with E-state index >= 15 is 0 Å². The molecule has 0 aromatic carbocycles. The van der Waals surface area contributed by atoms with Gasteiger partial charge in [0.25, 0.3) is 0 Å². The Morgan fingerprint density at radius 1 is 1.50 bits per heavy atom. The molecule has 0 aromatic heterocycles. The van der Waals surface area contributed by atoms with E-state index in [1.807, 2.05) is 0 Å². The topological polar surface area (TPSA) is 78.9 Å². The van der Waals surface area contributed by atoms with Crippen molar-refractivity contribution in [2.24, 2.45) is 5.92 Å².